The summed E-state index contributed by atoms with van der Waals surface area (Å²) in [6.45, 7) is 1.06. The topological polar surface area (TPSA) is 125 Å². The SMILES string of the molecule is CC(=O)OCC1=C(C(=O)O)N2C(=O)[C@@H](NC(=O)CC3=CCC(=NC4SCCS4)C=C3)[C@H]2SC1. The Labute approximate surface area is 203 Å². The molecule has 176 valence electrons. The number of esters is 1. The van der Waals surface area contributed by atoms with Gasteiger partial charge in [-0.3, -0.25) is 24.3 Å². The van der Waals surface area contributed by atoms with Crippen molar-refractivity contribution in [1.82, 2.24) is 10.2 Å². The van der Waals surface area contributed by atoms with Crippen LogP contribution < -0.4 is 5.32 Å². The Morgan fingerprint density at radius 3 is 2.64 bits per heavy atom. The monoisotopic (exact) mass is 509 g/mol. The number of hydrogen-bond donors (Lipinski definition) is 2. The van der Waals surface area contributed by atoms with Crippen molar-refractivity contribution in [2.24, 2.45) is 4.99 Å². The highest BCUT2D eigenvalue weighted by Crippen LogP contribution is 2.40. The Balaban J connectivity index is 1.33. The summed E-state index contributed by atoms with van der Waals surface area (Å²) < 4.78 is 5.17. The molecule has 0 spiro atoms. The number of thioether (sulfide) groups is 3. The second kappa shape index (κ2) is 10.4. The molecular weight excluding hydrogens is 486 g/mol. The largest absolute Gasteiger partial charge is 0.477 e. The third-order valence-electron chi connectivity index (χ3n) is 5.32. The second-order valence-electron chi connectivity index (χ2n) is 7.65. The van der Waals surface area contributed by atoms with Crippen LogP contribution in [0.1, 0.15) is 19.8 Å². The van der Waals surface area contributed by atoms with Gasteiger partial charge in [0, 0.05) is 41.9 Å². The van der Waals surface area contributed by atoms with Gasteiger partial charge in [-0.1, -0.05) is 12.2 Å². The Bertz CT molecular complexity index is 999. The number of ether oxygens (including phenoxy) is 1. The highest BCUT2D eigenvalue weighted by atomic mass is 32.2. The molecule has 4 aliphatic rings. The Kier molecular flexibility index (Phi) is 7.55. The van der Waals surface area contributed by atoms with Gasteiger partial charge in [0.2, 0.25) is 5.91 Å². The van der Waals surface area contributed by atoms with Crippen LogP contribution >= 0.6 is 35.3 Å². The van der Waals surface area contributed by atoms with Crippen molar-refractivity contribution in [2.45, 2.75) is 35.9 Å². The van der Waals surface area contributed by atoms with Crippen molar-refractivity contribution in [3.63, 3.8) is 0 Å². The number of β-lactam (4-membered cyclic amide) rings is 1. The molecule has 2 saturated heterocycles. The Hall–Kier alpha value is -2.18. The average molecular weight is 510 g/mol. The van der Waals surface area contributed by atoms with Crippen LogP contribution in [0.2, 0.25) is 0 Å². The number of aliphatic imine (C=N–C) groups is 1. The molecule has 3 heterocycles. The highest BCUT2D eigenvalue weighted by Gasteiger charge is 2.54. The summed E-state index contributed by atoms with van der Waals surface area (Å²) in [5.41, 5.74) is 2.04. The average Bonchev–Trinajstić information content (AvgIpc) is 3.29. The van der Waals surface area contributed by atoms with Crippen LogP contribution in [0.15, 0.2) is 40.1 Å². The van der Waals surface area contributed by atoms with Gasteiger partial charge in [-0.05, 0) is 11.6 Å². The molecule has 1 aliphatic carbocycles. The maximum Gasteiger partial charge on any atom is 0.352 e. The zero-order valence-corrected chi connectivity index (χ0v) is 20.3. The van der Waals surface area contributed by atoms with Crippen LogP contribution in [0.5, 0.6) is 0 Å². The minimum Gasteiger partial charge on any atom is -0.477 e. The zero-order chi connectivity index (χ0) is 23.5. The van der Waals surface area contributed by atoms with Crippen LogP contribution in [0.25, 0.3) is 0 Å². The lowest BCUT2D eigenvalue weighted by Gasteiger charge is -2.49. The van der Waals surface area contributed by atoms with Crippen molar-refractivity contribution in [2.75, 3.05) is 23.9 Å². The fourth-order valence-electron chi connectivity index (χ4n) is 3.75. The maximum absolute atomic E-state index is 12.7. The summed E-state index contributed by atoms with van der Waals surface area (Å²) in [6, 6.07) is -0.783. The van der Waals surface area contributed by atoms with Gasteiger partial charge in [-0.2, -0.15) is 0 Å². The number of nitrogens with one attached hydrogen (secondary N) is 1. The van der Waals surface area contributed by atoms with Gasteiger partial charge in [0.25, 0.3) is 5.91 Å². The molecular formula is C21H23N3O6S3. The molecule has 0 aromatic heterocycles. The molecule has 0 saturated carbocycles. The van der Waals surface area contributed by atoms with Gasteiger partial charge in [0.1, 0.15) is 28.4 Å². The molecule has 0 unspecified atom stereocenters. The maximum atomic E-state index is 12.7. The van der Waals surface area contributed by atoms with Crippen LogP contribution in [0.3, 0.4) is 0 Å². The summed E-state index contributed by atoms with van der Waals surface area (Å²) in [5.74, 6) is -0.0324. The molecule has 0 bridgehead atoms. The number of hydrogen-bond acceptors (Lipinski definition) is 9. The smallest absolute Gasteiger partial charge is 0.352 e. The van der Waals surface area contributed by atoms with E-state index >= 15 is 0 Å². The van der Waals surface area contributed by atoms with Crippen molar-refractivity contribution < 1.29 is 29.0 Å². The standard InChI is InChI=1S/C21H23N3O6S3/c1-11(25)30-9-13-10-33-19-16(18(27)24(19)17(13)20(28)29)23-15(26)8-12-2-4-14(5-3-12)22-21-31-6-7-32-21/h2-4,16,19,21H,5-10H2,1H3,(H,23,26)(H,28,29)/t16-,19-/m1/s1. The molecule has 3 aliphatic heterocycles. The minimum absolute atomic E-state index is 0.136. The van der Waals surface area contributed by atoms with Crippen molar-refractivity contribution in [3.05, 3.63) is 35.1 Å². The number of carbonyl (C=O) groups excluding carboxylic acids is 3. The first-order valence-corrected chi connectivity index (χ1v) is 13.5. The molecule has 2 amide bonds. The predicted octanol–water partition coefficient (Wildman–Crippen LogP) is 1.77. The number of carboxylic acid groups (broad SMARTS) is 1. The van der Waals surface area contributed by atoms with Gasteiger partial charge < -0.3 is 15.2 Å². The summed E-state index contributed by atoms with van der Waals surface area (Å²) in [4.78, 5) is 53.9. The predicted molar refractivity (Wildman–Crippen MR) is 129 cm³/mol. The number of rotatable bonds is 7. The van der Waals surface area contributed by atoms with E-state index in [1.165, 1.54) is 23.6 Å². The third-order valence-corrected chi connectivity index (χ3v) is 9.39. The first kappa shape index (κ1) is 24.0. The molecule has 12 heteroatoms. The molecule has 9 nitrogen and oxygen atoms in total. The normalized spacial score (nSPS) is 26.1. The molecule has 2 N–H and O–H groups in total. The van der Waals surface area contributed by atoms with E-state index < -0.39 is 29.3 Å². The van der Waals surface area contributed by atoms with E-state index in [0.29, 0.717) is 17.7 Å². The van der Waals surface area contributed by atoms with Gasteiger partial charge in [-0.15, -0.1) is 35.3 Å². The van der Waals surface area contributed by atoms with Gasteiger partial charge in [0.05, 0.1) is 6.42 Å². The number of carbonyl (C=O) groups is 4. The number of fused-ring (bicyclic) bond motifs is 1. The molecule has 0 aromatic carbocycles. The first-order valence-electron chi connectivity index (χ1n) is 10.3. The lowest BCUT2D eigenvalue weighted by molar-refractivity contribution is -0.151. The molecule has 0 radical (unpaired) electrons. The lowest BCUT2D eigenvalue weighted by atomic mass is 10.0. The van der Waals surface area contributed by atoms with Crippen LogP contribution in [-0.2, 0) is 23.9 Å². The molecule has 33 heavy (non-hydrogen) atoms. The number of aliphatic carboxylic acids is 1. The van der Waals surface area contributed by atoms with E-state index in [4.69, 9.17) is 9.73 Å². The van der Waals surface area contributed by atoms with Gasteiger partial charge in [0.15, 0.2) is 0 Å². The molecule has 2 atom stereocenters. The fraction of sp³-hybridized carbons (Fsp3) is 0.476. The molecule has 0 aromatic rings. The van der Waals surface area contributed by atoms with E-state index in [-0.39, 0.29) is 29.3 Å². The number of nitrogens with zero attached hydrogens (tertiary/aromatic N) is 2. The van der Waals surface area contributed by atoms with E-state index in [9.17, 15) is 24.3 Å². The van der Waals surface area contributed by atoms with E-state index in [0.717, 1.165) is 22.8 Å². The summed E-state index contributed by atoms with van der Waals surface area (Å²) >= 11 is 5.01. The fourth-order valence-corrected chi connectivity index (χ4v) is 7.63. The van der Waals surface area contributed by atoms with Crippen LogP contribution in [0, 0.1) is 0 Å². The molecule has 4 rings (SSSR count). The molecule has 2 fully saturated rings. The van der Waals surface area contributed by atoms with Crippen LogP contribution in [0.4, 0.5) is 0 Å². The third kappa shape index (κ3) is 5.49. The lowest BCUT2D eigenvalue weighted by Crippen LogP contribution is -2.70. The van der Waals surface area contributed by atoms with Gasteiger partial charge in [-0.25, -0.2) is 4.79 Å². The van der Waals surface area contributed by atoms with Crippen molar-refractivity contribution in [1.29, 1.82) is 0 Å². The van der Waals surface area contributed by atoms with E-state index in [2.05, 4.69) is 5.32 Å². The Morgan fingerprint density at radius 2 is 2.00 bits per heavy atom. The van der Waals surface area contributed by atoms with E-state index in [1.54, 1.807) is 0 Å². The van der Waals surface area contributed by atoms with Crippen molar-refractivity contribution >= 4 is 64.8 Å². The summed E-state index contributed by atoms with van der Waals surface area (Å²) in [7, 11) is 0. The quantitative estimate of drug-likeness (QED) is 0.390. The zero-order valence-electron chi connectivity index (χ0n) is 17.8. The summed E-state index contributed by atoms with van der Waals surface area (Å²) in [5, 5.41) is 11.8. The minimum atomic E-state index is -1.26. The number of allylic oxidation sites excluding steroid dienone is 3. The first-order chi connectivity index (χ1) is 15.8. The van der Waals surface area contributed by atoms with Crippen LogP contribution in [-0.4, -0.2) is 79.5 Å². The number of carboxylic acids is 1. The Morgan fingerprint density at radius 1 is 1.24 bits per heavy atom. The number of amides is 2. The van der Waals surface area contributed by atoms with Gasteiger partial charge >= 0.3 is 11.9 Å². The second-order valence-corrected chi connectivity index (χ2v) is 11.4. The highest BCUT2D eigenvalue weighted by molar-refractivity contribution is 8.20. The van der Waals surface area contributed by atoms with E-state index in [1.807, 2.05) is 41.8 Å². The summed E-state index contributed by atoms with van der Waals surface area (Å²) in [6.07, 6.45) is 6.59. The van der Waals surface area contributed by atoms with Crippen molar-refractivity contribution in [3.8, 4) is 0 Å².